The number of unbranched alkanes of at least 4 members (excludes halogenated alkanes) is 25. The first kappa shape index (κ1) is 59.6. The molecule has 12 unspecified atom stereocenters. The van der Waals surface area contributed by atoms with Crippen molar-refractivity contribution in [3.05, 3.63) is 24.3 Å². The van der Waals surface area contributed by atoms with E-state index < -0.39 is 86.8 Å². The van der Waals surface area contributed by atoms with Gasteiger partial charge in [0.2, 0.25) is 5.91 Å². The highest BCUT2D eigenvalue weighted by Gasteiger charge is 2.51. The van der Waals surface area contributed by atoms with Crippen molar-refractivity contribution in [2.75, 3.05) is 19.8 Å². The molecule has 2 saturated heterocycles. The Labute approximate surface area is 392 Å². The number of ether oxygens (including phenoxy) is 4. The van der Waals surface area contributed by atoms with Gasteiger partial charge in [-0.3, -0.25) is 4.79 Å². The summed E-state index contributed by atoms with van der Waals surface area (Å²) in [6, 6.07) is -0.925. The standard InChI is InChI=1S/C51H95NO13/c1-3-5-7-9-11-13-15-16-17-18-19-20-21-22-23-25-27-29-31-33-35-43(56)52-39(40(55)34-32-30-28-26-24-14-12-10-8-6-4-2)38-62-50-48(61)46(59)49(42(37-54)64-50)65-51-47(60)45(58)44(57)41(36-53)63-51/h24,26,32,34,39-42,44-51,53-55,57-61H,3-23,25,27-31,33,35-38H2,1-2H3,(H,52,56)/b26-24+,34-32+. The molecular weight excluding hydrogens is 835 g/mol. The number of allylic oxidation sites excluding steroid dienone is 3. The monoisotopic (exact) mass is 930 g/mol. The lowest BCUT2D eigenvalue weighted by Crippen LogP contribution is -2.65. The number of amides is 1. The van der Waals surface area contributed by atoms with E-state index >= 15 is 0 Å². The maximum atomic E-state index is 13.2. The number of carbonyl (C=O) groups excluding carboxylic acids is 1. The molecule has 2 aliphatic heterocycles. The lowest BCUT2D eigenvalue weighted by atomic mass is 9.97. The van der Waals surface area contributed by atoms with Crippen LogP contribution < -0.4 is 5.32 Å². The van der Waals surface area contributed by atoms with Crippen LogP contribution >= 0.6 is 0 Å². The van der Waals surface area contributed by atoms with Crippen LogP contribution in [-0.4, -0.2) is 140 Å². The summed E-state index contributed by atoms with van der Waals surface area (Å²) in [5, 5.41) is 86.6. The number of rotatable bonds is 40. The molecule has 2 rings (SSSR count). The second kappa shape index (κ2) is 38.3. The smallest absolute Gasteiger partial charge is 0.220 e. The summed E-state index contributed by atoms with van der Waals surface area (Å²) in [5.74, 6) is -0.248. The van der Waals surface area contributed by atoms with E-state index in [1.54, 1.807) is 6.08 Å². The van der Waals surface area contributed by atoms with Crippen molar-refractivity contribution in [2.45, 2.75) is 274 Å². The SMILES string of the molecule is CCCCCCC/C=C/CC/C=C/C(O)C(COC1OC(CO)C(OC2OC(CO)C(O)C(O)C2O)C(O)C1O)NC(=O)CCCCCCCCCCCCCCCCCCCCCC. The molecule has 0 aromatic rings. The number of nitrogens with one attached hydrogen (secondary N) is 1. The van der Waals surface area contributed by atoms with Crippen molar-refractivity contribution >= 4 is 5.91 Å². The minimum Gasteiger partial charge on any atom is -0.394 e. The molecule has 65 heavy (non-hydrogen) atoms. The molecule has 0 aromatic heterocycles. The van der Waals surface area contributed by atoms with Gasteiger partial charge in [0, 0.05) is 6.42 Å². The Morgan fingerprint density at radius 1 is 0.538 bits per heavy atom. The molecular formula is C51H95NO13. The maximum absolute atomic E-state index is 13.2. The van der Waals surface area contributed by atoms with Crippen LogP contribution in [0.5, 0.6) is 0 Å². The summed E-state index contributed by atoms with van der Waals surface area (Å²) in [6.07, 6.45) is 25.2. The Hall–Kier alpha value is -1.53. The first-order valence-corrected chi connectivity index (χ1v) is 26.1. The van der Waals surface area contributed by atoms with Gasteiger partial charge in [0.1, 0.15) is 48.8 Å². The molecule has 0 saturated carbocycles. The van der Waals surface area contributed by atoms with Gasteiger partial charge in [-0.2, -0.15) is 0 Å². The predicted octanol–water partition coefficient (Wildman–Crippen LogP) is 6.94. The molecule has 9 N–H and O–H groups in total. The van der Waals surface area contributed by atoms with E-state index in [2.05, 4.69) is 31.3 Å². The van der Waals surface area contributed by atoms with Crippen LogP contribution in [0.4, 0.5) is 0 Å². The first-order valence-electron chi connectivity index (χ1n) is 26.1. The van der Waals surface area contributed by atoms with Crippen LogP contribution in [0.2, 0.25) is 0 Å². The molecule has 14 nitrogen and oxygen atoms in total. The average Bonchev–Trinajstić information content (AvgIpc) is 3.30. The second-order valence-electron chi connectivity index (χ2n) is 18.6. The third-order valence-corrected chi connectivity index (χ3v) is 12.9. The fourth-order valence-electron chi connectivity index (χ4n) is 8.60. The van der Waals surface area contributed by atoms with E-state index in [-0.39, 0.29) is 18.9 Å². The topological polar surface area (TPSA) is 228 Å². The minimum absolute atomic E-state index is 0.248. The summed E-state index contributed by atoms with van der Waals surface area (Å²) in [7, 11) is 0. The Bertz CT molecular complexity index is 1190. The van der Waals surface area contributed by atoms with Crippen molar-refractivity contribution in [1.29, 1.82) is 0 Å². The lowest BCUT2D eigenvalue weighted by molar-refractivity contribution is -0.359. The van der Waals surface area contributed by atoms with Crippen molar-refractivity contribution in [3.8, 4) is 0 Å². The zero-order valence-corrected chi connectivity index (χ0v) is 40.5. The fraction of sp³-hybridized carbons (Fsp3) is 0.902. The zero-order valence-electron chi connectivity index (χ0n) is 40.5. The van der Waals surface area contributed by atoms with Gasteiger partial charge in [-0.25, -0.2) is 0 Å². The third kappa shape index (κ3) is 25.6. The van der Waals surface area contributed by atoms with Crippen LogP contribution in [0.15, 0.2) is 24.3 Å². The molecule has 2 heterocycles. The maximum Gasteiger partial charge on any atom is 0.220 e. The highest BCUT2D eigenvalue weighted by molar-refractivity contribution is 5.76. The zero-order chi connectivity index (χ0) is 47.5. The summed E-state index contributed by atoms with van der Waals surface area (Å²) in [5.41, 5.74) is 0. The Balaban J connectivity index is 1.80. The van der Waals surface area contributed by atoms with Crippen LogP contribution in [0.25, 0.3) is 0 Å². The number of aliphatic hydroxyl groups is 8. The lowest BCUT2D eigenvalue weighted by Gasteiger charge is -2.46. The van der Waals surface area contributed by atoms with Crippen molar-refractivity contribution in [2.24, 2.45) is 0 Å². The van der Waals surface area contributed by atoms with Crippen LogP contribution in [0, 0.1) is 0 Å². The van der Waals surface area contributed by atoms with E-state index in [0.29, 0.717) is 12.8 Å². The van der Waals surface area contributed by atoms with Gasteiger partial charge in [-0.15, -0.1) is 0 Å². The molecule has 0 aromatic carbocycles. The van der Waals surface area contributed by atoms with E-state index in [1.807, 2.05) is 6.08 Å². The van der Waals surface area contributed by atoms with Gasteiger partial charge in [0.05, 0.1) is 32.0 Å². The van der Waals surface area contributed by atoms with Crippen LogP contribution in [-0.2, 0) is 23.7 Å². The Kier molecular flexibility index (Phi) is 35.1. The van der Waals surface area contributed by atoms with Gasteiger partial charge < -0.3 is 65.1 Å². The summed E-state index contributed by atoms with van der Waals surface area (Å²) in [6.45, 7) is 2.75. The van der Waals surface area contributed by atoms with Gasteiger partial charge in [0.25, 0.3) is 0 Å². The largest absolute Gasteiger partial charge is 0.394 e. The molecule has 2 aliphatic rings. The predicted molar refractivity (Wildman–Crippen MR) is 254 cm³/mol. The molecule has 12 atom stereocenters. The quantitative estimate of drug-likeness (QED) is 0.0225. The van der Waals surface area contributed by atoms with Gasteiger partial charge >= 0.3 is 0 Å². The molecule has 382 valence electrons. The van der Waals surface area contributed by atoms with Crippen molar-refractivity contribution in [1.82, 2.24) is 5.32 Å². The van der Waals surface area contributed by atoms with E-state index in [9.17, 15) is 45.6 Å². The number of hydrogen-bond acceptors (Lipinski definition) is 13. The molecule has 0 aliphatic carbocycles. The van der Waals surface area contributed by atoms with E-state index in [4.69, 9.17) is 18.9 Å². The summed E-state index contributed by atoms with van der Waals surface area (Å²) < 4.78 is 22.7. The van der Waals surface area contributed by atoms with Gasteiger partial charge in [-0.05, 0) is 32.1 Å². The van der Waals surface area contributed by atoms with Gasteiger partial charge in [0.15, 0.2) is 12.6 Å². The van der Waals surface area contributed by atoms with Crippen molar-refractivity contribution in [3.63, 3.8) is 0 Å². The minimum atomic E-state index is -1.79. The van der Waals surface area contributed by atoms with E-state index in [0.717, 1.165) is 32.1 Å². The van der Waals surface area contributed by atoms with Crippen LogP contribution in [0.3, 0.4) is 0 Å². The normalized spacial score (nSPS) is 27.2. The van der Waals surface area contributed by atoms with Gasteiger partial charge in [-0.1, -0.05) is 186 Å². The summed E-state index contributed by atoms with van der Waals surface area (Å²) in [4.78, 5) is 13.2. The first-order chi connectivity index (χ1) is 31.6. The third-order valence-electron chi connectivity index (χ3n) is 12.9. The van der Waals surface area contributed by atoms with Crippen molar-refractivity contribution < 1.29 is 64.6 Å². The van der Waals surface area contributed by atoms with Crippen LogP contribution in [0.1, 0.15) is 200 Å². The molecule has 0 spiro atoms. The molecule has 2 fully saturated rings. The average molecular weight is 930 g/mol. The molecule has 0 radical (unpaired) electrons. The van der Waals surface area contributed by atoms with E-state index in [1.165, 1.54) is 135 Å². The second-order valence-corrected chi connectivity index (χ2v) is 18.6. The number of hydrogen-bond donors (Lipinski definition) is 9. The molecule has 1 amide bonds. The summed E-state index contributed by atoms with van der Waals surface area (Å²) >= 11 is 0. The fourth-order valence-corrected chi connectivity index (χ4v) is 8.60. The Morgan fingerprint density at radius 2 is 0.985 bits per heavy atom. The molecule has 0 bridgehead atoms. The highest BCUT2D eigenvalue weighted by Crippen LogP contribution is 2.30. The highest BCUT2D eigenvalue weighted by atomic mass is 16.7. The number of carbonyl (C=O) groups is 1. The Morgan fingerprint density at radius 3 is 1.51 bits per heavy atom. The number of aliphatic hydroxyl groups excluding tert-OH is 8. The molecule has 14 heteroatoms.